The van der Waals surface area contributed by atoms with E-state index in [0.29, 0.717) is 6.42 Å². The van der Waals surface area contributed by atoms with Crippen LogP contribution in [0.3, 0.4) is 0 Å². The van der Waals surface area contributed by atoms with Gasteiger partial charge >= 0.3 is 0 Å². The van der Waals surface area contributed by atoms with Crippen molar-refractivity contribution in [2.75, 3.05) is 0 Å². The first-order valence-electron chi connectivity index (χ1n) is 6.30. The van der Waals surface area contributed by atoms with E-state index < -0.39 is 20.5 Å². The van der Waals surface area contributed by atoms with Crippen LogP contribution in [-0.4, -0.2) is 24.8 Å². The average Bonchev–Trinajstić information content (AvgIpc) is 2.75. The van der Waals surface area contributed by atoms with Crippen molar-refractivity contribution in [2.24, 2.45) is 5.92 Å². The van der Waals surface area contributed by atoms with Crippen LogP contribution in [0, 0.1) is 17.2 Å². The quantitative estimate of drug-likeness (QED) is 0.800. The molecule has 1 saturated carbocycles. The fourth-order valence-electron chi connectivity index (χ4n) is 2.43. The second-order valence-corrected chi connectivity index (χ2v) is 7.61. The summed E-state index contributed by atoms with van der Waals surface area (Å²) in [6.45, 7) is 0. The van der Waals surface area contributed by atoms with Crippen LogP contribution in [0.2, 0.25) is 0 Å². The van der Waals surface area contributed by atoms with Crippen LogP contribution in [0.25, 0.3) is 0 Å². The van der Waals surface area contributed by atoms with Crippen molar-refractivity contribution >= 4 is 27.2 Å². The third kappa shape index (κ3) is 3.02. The molecular formula is C14H14ClNO3S. The van der Waals surface area contributed by atoms with Crippen molar-refractivity contribution < 1.29 is 13.2 Å². The van der Waals surface area contributed by atoms with Crippen LogP contribution >= 0.6 is 11.6 Å². The normalized spacial score (nSPS) is 24.3. The Morgan fingerprint density at radius 1 is 1.35 bits per heavy atom. The van der Waals surface area contributed by atoms with Crippen LogP contribution in [0.1, 0.15) is 19.3 Å². The number of hydrogen-bond acceptors (Lipinski definition) is 4. The zero-order chi connectivity index (χ0) is 14.8. The predicted octanol–water partition coefficient (Wildman–Crippen LogP) is 2.33. The number of benzene rings is 1. The minimum Gasteiger partial charge on any atom is -0.298 e. The molecule has 1 aliphatic rings. The highest BCUT2D eigenvalue weighted by Gasteiger charge is 2.36. The molecule has 20 heavy (non-hydrogen) atoms. The number of Topliss-reactive ketones (excluding diaryl/α,β-unsaturated/α-hetero) is 1. The molecular weight excluding hydrogens is 298 g/mol. The number of nitriles is 1. The van der Waals surface area contributed by atoms with Gasteiger partial charge in [-0.15, -0.1) is 11.6 Å². The maximum atomic E-state index is 12.4. The molecule has 4 nitrogen and oxygen atoms in total. The number of halogens is 1. The van der Waals surface area contributed by atoms with E-state index in [0.717, 1.165) is 0 Å². The third-order valence-electron chi connectivity index (χ3n) is 3.52. The Hall–Kier alpha value is -1.38. The Balaban J connectivity index is 2.17. The van der Waals surface area contributed by atoms with Gasteiger partial charge in [0.2, 0.25) is 0 Å². The maximum absolute atomic E-state index is 12.4. The molecule has 0 aliphatic heterocycles. The average molecular weight is 312 g/mol. The topological polar surface area (TPSA) is 75.0 Å². The van der Waals surface area contributed by atoms with Crippen LogP contribution in [0.5, 0.6) is 0 Å². The third-order valence-corrected chi connectivity index (χ3v) is 5.91. The number of ketones is 1. The number of rotatable bonds is 4. The van der Waals surface area contributed by atoms with Crippen LogP contribution in [-0.2, 0) is 14.6 Å². The van der Waals surface area contributed by atoms with E-state index in [1.165, 1.54) is 12.1 Å². The molecule has 2 rings (SSSR count). The number of sulfone groups is 1. The van der Waals surface area contributed by atoms with Gasteiger partial charge in [-0.25, -0.2) is 8.42 Å². The highest BCUT2D eigenvalue weighted by atomic mass is 35.5. The second-order valence-electron chi connectivity index (χ2n) is 4.95. The molecule has 1 aromatic rings. The van der Waals surface area contributed by atoms with E-state index in [1.54, 1.807) is 18.2 Å². The summed E-state index contributed by atoms with van der Waals surface area (Å²) >= 11 is 5.83. The number of carbonyl (C=O) groups is 1. The summed E-state index contributed by atoms with van der Waals surface area (Å²) in [5, 5.41) is 7.49. The molecule has 0 heterocycles. The van der Waals surface area contributed by atoms with E-state index in [4.69, 9.17) is 16.9 Å². The lowest BCUT2D eigenvalue weighted by atomic mass is 10.0. The molecule has 106 valence electrons. The second kappa shape index (κ2) is 5.94. The Morgan fingerprint density at radius 2 is 2.00 bits per heavy atom. The minimum absolute atomic E-state index is 0.0644. The molecule has 0 amide bonds. The van der Waals surface area contributed by atoms with Crippen molar-refractivity contribution in [1.29, 1.82) is 5.26 Å². The van der Waals surface area contributed by atoms with E-state index in [1.807, 2.05) is 6.07 Å². The van der Waals surface area contributed by atoms with Gasteiger partial charge in [0.15, 0.2) is 20.9 Å². The predicted molar refractivity (Wildman–Crippen MR) is 75.0 cm³/mol. The molecule has 3 unspecified atom stereocenters. The van der Waals surface area contributed by atoms with Crippen LogP contribution in [0.15, 0.2) is 35.2 Å². The maximum Gasteiger partial charge on any atom is 0.194 e. The Morgan fingerprint density at radius 3 is 2.50 bits per heavy atom. The Kier molecular flexibility index (Phi) is 4.46. The fraction of sp³-hybridized carbons (Fsp3) is 0.429. The van der Waals surface area contributed by atoms with Gasteiger partial charge < -0.3 is 0 Å². The number of alkyl halides is 1. The van der Waals surface area contributed by atoms with Gasteiger partial charge in [0.1, 0.15) is 0 Å². The van der Waals surface area contributed by atoms with Crippen LogP contribution < -0.4 is 0 Å². The number of hydrogen-bond donors (Lipinski definition) is 0. The molecule has 0 bridgehead atoms. The summed E-state index contributed by atoms with van der Waals surface area (Å²) in [4.78, 5) is 11.5. The molecule has 0 spiro atoms. The van der Waals surface area contributed by atoms with E-state index >= 15 is 0 Å². The summed E-state index contributed by atoms with van der Waals surface area (Å²) in [6, 6.07) is 9.76. The molecule has 1 aliphatic carbocycles. The first-order chi connectivity index (χ1) is 9.45. The molecule has 3 atom stereocenters. The minimum atomic E-state index is -3.69. The number of carbonyl (C=O) groups excluding carboxylic acids is 1. The molecule has 6 heteroatoms. The molecule has 0 radical (unpaired) electrons. The summed E-state index contributed by atoms with van der Waals surface area (Å²) in [5.41, 5.74) is 0. The lowest BCUT2D eigenvalue weighted by molar-refractivity contribution is -0.117. The highest BCUT2D eigenvalue weighted by molar-refractivity contribution is 7.92. The Bertz CT molecular complexity index is 636. The largest absolute Gasteiger partial charge is 0.298 e. The standard InChI is InChI=1S/C14H14ClNO3S/c15-13-7-10(8-14(13)17)6-12(9-16)20(18,19)11-4-2-1-3-5-11/h1-5,10,12-13H,6-8H2. The summed E-state index contributed by atoms with van der Waals surface area (Å²) in [6.07, 6.45) is 0.863. The zero-order valence-corrected chi connectivity index (χ0v) is 12.3. The molecule has 1 fully saturated rings. The van der Waals surface area contributed by atoms with E-state index in [9.17, 15) is 13.2 Å². The van der Waals surface area contributed by atoms with Crippen molar-refractivity contribution in [3.8, 4) is 6.07 Å². The lowest BCUT2D eigenvalue weighted by Gasteiger charge is -2.14. The van der Waals surface area contributed by atoms with Gasteiger partial charge in [0, 0.05) is 6.42 Å². The molecule has 1 aromatic carbocycles. The smallest absolute Gasteiger partial charge is 0.194 e. The SMILES string of the molecule is N#CC(CC1CC(=O)C(Cl)C1)S(=O)(=O)c1ccccc1. The lowest BCUT2D eigenvalue weighted by Crippen LogP contribution is -2.22. The monoisotopic (exact) mass is 311 g/mol. The zero-order valence-electron chi connectivity index (χ0n) is 10.7. The van der Waals surface area contributed by atoms with E-state index in [2.05, 4.69) is 0 Å². The summed E-state index contributed by atoms with van der Waals surface area (Å²) in [5.74, 6) is -0.196. The van der Waals surface area contributed by atoms with Crippen molar-refractivity contribution in [2.45, 2.75) is 34.8 Å². The summed E-state index contributed by atoms with van der Waals surface area (Å²) in [7, 11) is -3.69. The van der Waals surface area contributed by atoms with Crippen LogP contribution in [0.4, 0.5) is 0 Å². The molecule has 0 aromatic heterocycles. The van der Waals surface area contributed by atoms with Crippen molar-refractivity contribution in [3.05, 3.63) is 30.3 Å². The van der Waals surface area contributed by atoms with Gasteiger partial charge in [0.25, 0.3) is 0 Å². The first kappa shape index (κ1) is 15.0. The molecule has 0 N–H and O–H groups in total. The van der Waals surface area contributed by atoms with Crippen molar-refractivity contribution in [3.63, 3.8) is 0 Å². The number of nitrogens with zero attached hydrogens (tertiary/aromatic N) is 1. The fourth-order valence-corrected chi connectivity index (χ4v) is 4.30. The summed E-state index contributed by atoms with van der Waals surface area (Å²) < 4.78 is 24.7. The van der Waals surface area contributed by atoms with Gasteiger partial charge in [-0.2, -0.15) is 5.26 Å². The van der Waals surface area contributed by atoms with Gasteiger partial charge in [-0.1, -0.05) is 18.2 Å². The Labute approximate surface area is 123 Å². The van der Waals surface area contributed by atoms with Gasteiger partial charge in [-0.05, 0) is 30.9 Å². The first-order valence-corrected chi connectivity index (χ1v) is 8.28. The van der Waals surface area contributed by atoms with Gasteiger partial charge in [0.05, 0.1) is 16.3 Å². The van der Waals surface area contributed by atoms with E-state index in [-0.39, 0.29) is 29.4 Å². The van der Waals surface area contributed by atoms with Gasteiger partial charge in [-0.3, -0.25) is 4.79 Å². The van der Waals surface area contributed by atoms with Crippen molar-refractivity contribution in [1.82, 2.24) is 0 Å². The molecule has 0 saturated heterocycles. The highest BCUT2D eigenvalue weighted by Crippen LogP contribution is 2.32.